The Balaban J connectivity index is 1.84. The summed E-state index contributed by atoms with van der Waals surface area (Å²) in [7, 11) is 1.63. The quantitative estimate of drug-likeness (QED) is 0.487. The number of nitrogens with one attached hydrogen (secondary N) is 1. The van der Waals surface area contributed by atoms with E-state index in [1.807, 2.05) is 61.5 Å². The van der Waals surface area contributed by atoms with Crippen LogP contribution >= 0.6 is 0 Å². The van der Waals surface area contributed by atoms with Crippen LogP contribution in [0, 0.1) is 6.92 Å². The first-order valence-corrected chi connectivity index (χ1v) is 11.7. The number of likely N-dealkylation sites (N-methyl/N-ethyl adjacent to an activating group) is 1. The maximum absolute atomic E-state index is 13.5. The van der Waals surface area contributed by atoms with Crippen molar-refractivity contribution in [2.75, 3.05) is 7.05 Å². The van der Waals surface area contributed by atoms with Gasteiger partial charge in [-0.3, -0.25) is 9.59 Å². The molecule has 2 amide bonds. The first-order chi connectivity index (χ1) is 16.0. The molecule has 0 unspecified atom stereocenters. The Morgan fingerprint density at radius 3 is 2.03 bits per heavy atom. The fraction of sp³-hybridized carbons (Fsp3) is 0.310. The average molecular weight is 443 g/mol. The lowest BCUT2D eigenvalue weighted by atomic mass is 10.0. The van der Waals surface area contributed by atoms with Gasteiger partial charge in [0.25, 0.3) is 0 Å². The van der Waals surface area contributed by atoms with Gasteiger partial charge >= 0.3 is 0 Å². The van der Waals surface area contributed by atoms with Gasteiger partial charge in [-0.15, -0.1) is 0 Å². The van der Waals surface area contributed by atoms with Crippen LogP contribution in [0.25, 0.3) is 0 Å². The molecule has 0 radical (unpaired) electrons. The normalized spacial score (nSPS) is 11.6. The summed E-state index contributed by atoms with van der Waals surface area (Å²) in [5, 5.41) is 2.77. The zero-order valence-electron chi connectivity index (χ0n) is 19.9. The second-order valence-electron chi connectivity index (χ2n) is 8.50. The highest BCUT2D eigenvalue weighted by Crippen LogP contribution is 2.17. The minimum Gasteiger partial charge on any atom is -0.357 e. The van der Waals surface area contributed by atoms with Crippen molar-refractivity contribution in [3.63, 3.8) is 0 Å². The van der Waals surface area contributed by atoms with Crippen molar-refractivity contribution in [2.45, 2.75) is 52.1 Å². The Labute approximate surface area is 197 Å². The number of benzene rings is 3. The van der Waals surface area contributed by atoms with Crippen LogP contribution in [0.1, 0.15) is 41.2 Å². The van der Waals surface area contributed by atoms with Crippen molar-refractivity contribution in [1.29, 1.82) is 0 Å². The van der Waals surface area contributed by atoms with Gasteiger partial charge in [0.15, 0.2) is 0 Å². The molecule has 4 nitrogen and oxygen atoms in total. The molecule has 0 saturated carbocycles. The Kier molecular flexibility index (Phi) is 8.82. The van der Waals surface area contributed by atoms with E-state index in [4.69, 9.17) is 0 Å². The summed E-state index contributed by atoms with van der Waals surface area (Å²) in [6.45, 7) is 4.57. The van der Waals surface area contributed by atoms with Gasteiger partial charge in [-0.2, -0.15) is 0 Å². The van der Waals surface area contributed by atoms with E-state index in [0.29, 0.717) is 25.8 Å². The van der Waals surface area contributed by atoms with Gasteiger partial charge in [0.1, 0.15) is 6.04 Å². The highest BCUT2D eigenvalue weighted by Gasteiger charge is 2.29. The van der Waals surface area contributed by atoms with Crippen LogP contribution in [0.3, 0.4) is 0 Å². The van der Waals surface area contributed by atoms with Crippen molar-refractivity contribution in [1.82, 2.24) is 10.2 Å². The molecule has 1 N–H and O–H groups in total. The number of amides is 2. The molecule has 0 aliphatic carbocycles. The van der Waals surface area contributed by atoms with Crippen LogP contribution in [-0.4, -0.2) is 29.8 Å². The van der Waals surface area contributed by atoms with Gasteiger partial charge in [-0.25, -0.2) is 0 Å². The van der Waals surface area contributed by atoms with Crippen molar-refractivity contribution in [2.24, 2.45) is 0 Å². The first kappa shape index (κ1) is 24.2. The Hall–Kier alpha value is -3.40. The van der Waals surface area contributed by atoms with Gasteiger partial charge in [0.05, 0.1) is 0 Å². The minimum atomic E-state index is -0.575. The highest BCUT2D eigenvalue weighted by molar-refractivity contribution is 5.88. The molecule has 0 bridgehead atoms. The van der Waals surface area contributed by atoms with Crippen LogP contribution in [0.15, 0.2) is 78.9 Å². The molecule has 1 atom stereocenters. The van der Waals surface area contributed by atoms with E-state index in [2.05, 4.69) is 36.5 Å². The lowest BCUT2D eigenvalue weighted by Gasteiger charge is -2.31. The van der Waals surface area contributed by atoms with Gasteiger partial charge in [-0.1, -0.05) is 91.3 Å². The monoisotopic (exact) mass is 442 g/mol. The molecule has 0 saturated heterocycles. The van der Waals surface area contributed by atoms with E-state index < -0.39 is 6.04 Å². The Bertz CT molecular complexity index is 1030. The van der Waals surface area contributed by atoms with Crippen molar-refractivity contribution in [3.05, 3.63) is 107 Å². The summed E-state index contributed by atoms with van der Waals surface area (Å²) < 4.78 is 0. The van der Waals surface area contributed by atoms with Crippen molar-refractivity contribution < 1.29 is 9.59 Å². The lowest BCUT2D eigenvalue weighted by Crippen LogP contribution is -2.49. The molecule has 4 heteroatoms. The summed E-state index contributed by atoms with van der Waals surface area (Å²) in [4.78, 5) is 28.2. The molecule has 3 rings (SSSR count). The van der Waals surface area contributed by atoms with Gasteiger partial charge in [0.2, 0.25) is 11.8 Å². The second kappa shape index (κ2) is 12.0. The zero-order chi connectivity index (χ0) is 23.6. The third kappa shape index (κ3) is 7.04. The second-order valence-corrected chi connectivity index (χ2v) is 8.50. The van der Waals surface area contributed by atoms with Crippen LogP contribution in [0.4, 0.5) is 0 Å². The third-order valence-corrected chi connectivity index (χ3v) is 6.05. The number of rotatable bonds is 10. The Morgan fingerprint density at radius 1 is 0.818 bits per heavy atom. The zero-order valence-corrected chi connectivity index (χ0v) is 19.9. The fourth-order valence-corrected chi connectivity index (χ4v) is 3.95. The van der Waals surface area contributed by atoms with E-state index in [-0.39, 0.29) is 11.8 Å². The minimum absolute atomic E-state index is 0.0142. The number of aryl methyl sites for hydroxylation is 3. The van der Waals surface area contributed by atoms with E-state index in [1.54, 1.807) is 11.9 Å². The van der Waals surface area contributed by atoms with Crippen molar-refractivity contribution in [3.8, 4) is 0 Å². The van der Waals surface area contributed by atoms with E-state index in [0.717, 1.165) is 23.1 Å². The van der Waals surface area contributed by atoms with Gasteiger partial charge < -0.3 is 10.2 Å². The van der Waals surface area contributed by atoms with E-state index >= 15 is 0 Å². The molecule has 0 heterocycles. The number of hydrogen-bond acceptors (Lipinski definition) is 2. The molecule has 0 aliphatic rings. The predicted molar refractivity (Wildman–Crippen MR) is 134 cm³/mol. The molecule has 0 spiro atoms. The molecular weight excluding hydrogens is 408 g/mol. The number of hydrogen-bond donors (Lipinski definition) is 1. The fourth-order valence-electron chi connectivity index (χ4n) is 3.95. The van der Waals surface area contributed by atoms with Crippen LogP contribution in [0.2, 0.25) is 0 Å². The number of carbonyl (C=O) groups is 2. The Morgan fingerprint density at radius 2 is 1.42 bits per heavy atom. The summed E-state index contributed by atoms with van der Waals surface area (Å²) >= 11 is 0. The molecule has 3 aromatic carbocycles. The van der Waals surface area contributed by atoms with Gasteiger partial charge in [-0.05, 0) is 42.0 Å². The highest BCUT2D eigenvalue weighted by atomic mass is 16.2. The lowest BCUT2D eigenvalue weighted by molar-refractivity contribution is -0.141. The third-order valence-electron chi connectivity index (χ3n) is 6.05. The molecule has 0 fully saturated rings. The topological polar surface area (TPSA) is 49.4 Å². The largest absolute Gasteiger partial charge is 0.357 e. The first-order valence-electron chi connectivity index (χ1n) is 11.7. The smallest absolute Gasteiger partial charge is 0.242 e. The summed E-state index contributed by atoms with van der Waals surface area (Å²) in [6.07, 6.45) is 2.48. The number of carbonyl (C=O) groups excluding carboxylic acids is 2. The van der Waals surface area contributed by atoms with Crippen molar-refractivity contribution >= 4 is 11.8 Å². The van der Waals surface area contributed by atoms with E-state index in [9.17, 15) is 9.59 Å². The SMILES string of the molecule is CCc1ccc(CCC(=O)N(Cc2ccc(C)cc2)[C@H](Cc2ccccc2)C(=O)NC)cc1. The molecule has 172 valence electrons. The predicted octanol–water partition coefficient (Wildman–Crippen LogP) is 4.88. The van der Waals surface area contributed by atoms with Crippen LogP contribution in [-0.2, 0) is 35.4 Å². The molecule has 0 aromatic heterocycles. The van der Waals surface area contributed by atoms with Crippen LogP contribution < -0.4 is 5.32 Å². The average Bonchev–Trinajstić information content (AvgIpc) is 2.86. The van der Waals surface area contributed by atoms with Gasteiger partial charge in [0, 0.05) is 26.4 Å². The summed E-state index contributed by atoms with van der Waals surface area (Å²) in [6, 6.07) is 25.9. The molecule has 33 heavy (non-hydrogen) atoms. The maximum Gasteiger partial charge on any atom is 0.242 e. The summed E-state index contributed by atoms with van der Waals surface area (Å²) in [5.41, 5.74) is 5.63. The number of nitrogens with zero attached hydrogens (tertiary/aromatic N) is 1. The standard InChI is InChI=1S/C29H34N2O2/c1-4-23-14-16-24(17-15-23)18-19-28(32)31(21-26-12-10-22(2)11-13-26)27(29(33)30-3)20-25-8-6-5-7-9-25/h5-17,27H,4,18-21H2,1-3H3,(H,30,33)/t27-/m1/s1. The molecular formula is C29H34N2O2. The van der Waals surface area contributed by atoms with Crippen LogP contribution in [0.5, 0.6) is 0 Å². The van der Waals surface area contributed by atoms with E-state index in [1.165, 1.54) is 11.1 Å². The maximum atomic E-state index is 13.5. The summed E-state index contributed by atoms with van der Waals surface area (Å²) in [5.74, 6) is -0.161. The molecule has 0 aliphatic heterocycles. The molecule has 3 aromatic rings.